The van der Waals surface area contributed by atoms with Gasteiger partial charge in [-0.25, -0.2) is 4.98 Å². The van der Waals surface area contributed by atoms with Gasteiger partial charge >= 0.3 is 0 Å². The van der Waals surface area contributed by atoms with Crippen LogP contribution in [0.5, 0.6) is 0 Å². The maximum Gasteiger partial charge on any atom is 0.275 e. The van der Waals surface area contributed by atoms with Crippen LogP contribution in [0, 0.1) is 0 Å². The maximum absolute atomic E-state index is 12.9. The first-order valence-corrected chi connectivity index (χ1v) is 15.1. The Balaban J connectivity index is 1.18. The number of benzene rings is 3. The molecule has 6 rings (SSSR count). The fourth-order valence-electron chi connectivity index (χ4n) is 6.09. The van der Waals surface area contributed by atoms with Crippen LogP contribution in [0.1, 0.15) is 71.7 Å². The largest absolute Gasteiger partial charge is 0.392 e. The van der Waals surface area contributed by atoms with E-state index in [2.05, 4.69) is 26.8 Å². The molecule has 8 heteroatoms. The predicted molar refractivity (Wildman–Crippen MR) is 166 cm³/mol. The smallest absolute Gasteiger partial charge is 0.275 e. The van der Waals surface area contributed by atoms with Crippen LogP contribution in [0.3, 0.4) is 0 Å². The second kappa shape index (κ2) is 13.6. The lowest BCUT2D eigenvalue weighted by atomic mass is 9.99. The zero-order valence-electron chi connectivity index (χ0n) is 24.3. The first-order valence-electron chi connectivity index (χ1n) is 15.1. The second-order valence-electron chi connectivity index (χ2n) is 11.4. The number of nitrogens with zero attached hydrogens (tertiary/aromatic N) is 3. The SMILES string of the molecule is C=CCN(C[C@H]1C[C@@H](c2ccc(CO)cc2)O[C@@H](c2ccc(NC(=O)c3cnc4ccccc4n3)cc2)O1)C1CCCC1. The number of carbonyl (C=O) groups is 1. The molecule has 2 N–H and O–H groups in total. The molecule has 0 unspecified atom stereocenters. The van der Waals surface area contributed by atoms with E-state index in [0.717, 1.165) is 41.7 Å². The lowest BCUT2D eigenvalue weighted by Crippen LogP contribution is -2.43. The zero-order chi connectivity index (χ0) is 29.6. The van der Waals surface area contributed by atoms with Crippen LogP contribution in [0.4, 0.5) is 5.69 Å². The number of amides is 1. The van der Waals surface area contributed by atoms with E-state index in [1.54, 1.807) is 0 Å². The Morgan fingerprint density at radius 1 is 0.977 bits per heavy atom. The minimum atomic E-state index is -0.563. The molecule has 0 radical (unpaired) electrons. The first-order chi connectivity index (χ1) is 21.1. The molecule has 0 bridgehead atoms. The van der Waals surface area contributed by atoms with Crippen LogP contribution in [0.2, 0.25) is 0 Å². The number of aromatic nitrogens is 2. The van der Waals surface area contributed by atoms with Crippen LogP contribution in [-0.2, 0) is 16.1 Å². The number of hydrogen-bond donors (Lipinski definition) is 2. The van der Waals surface area contributed by atoms with Crippen molar-refractivity contribution in [3.63, 3.8) is 0 Å². The molecule has 4 aromatic rings. The van der Waals surface area contributed by atoms with E-state index in [1.165, 1.54) is 31.9 Å². The van der Waals surface area contributed by atoms with Gasteiger partial charge < -0.3 is 19.9 Å². The quantitative estimate of drug-likeness (QED) is 0.212. The van der Waals surface area contributed by atoms with Crippen molar-refractivity contribution in [1.29, 1.82) is 0 Å². The highest BCUT2D eigenvalue weighted by molar-refractivity contribution is 6.03. The van der Waals surface area contributed by atoms with Gasteiger partial charge in [0.1, 0.15) is 5.69 Å². The van der Waals surface area contributed by atoms with Crippen LogP contribution < -0.4 is 5.32 Å². The fraction of sp³-hybridized carbons (Fsp3) is 0.343. The molecule has 222 valence electrons. The number of carbonyl (C=O) groups excluding carboxylic acids is 1. The van der Waals surface area contributed by atoms with Gasteiger partial charge in [-0.3, -0.25) is 14.7 Å². The third-order valence-electron chi connectivity index (χ3n) is 8.38. The van der Waals surface area contributed by atoms with E-state index in [1.807, 2.05) is 78.9 Å². The summed E-state index contributed by atoms with van der Waals surface area (Å²) in [5.74, 6) is -0.322. The summed E-state index contributed by atoms with van der Waals surface area (Å²) >= 11 is 0. The Bertz CT molecular complexity index is 1540. The Hall–Kier alpha value is -3.95. The molecule has 2 heterocycles. The third-order valence-corrected chi connectivity index (χ3v) is 8.38. The summed E-state index contributed by atoms with van der Waals surface area (Å²) in [6.45, 7) is 5.65. The van der Waals surface area contributed by atoms with Gasteiger partial charge in [0.25, 0.3) is 5.91 Å². The number of ether oxygens (including phenoxy) is 2. The molecule has 2 fully saturated rings. The average molecular weight is 579 g/mol. The Labute approximate surface area is 252 Å². The van der Waals surface area contributed by atoms with E-state index < -0.39 is 6.29 Å². The van der Waals surface area contributed by atoms with Crippen molar-refractivity contribution in [1.82, 2.24) is 14.9 Å². The van der Waals surface area contributed by atoms with Crippen molar-refractivity contribution in [2.75, 3.05) is 18.4 Å². The summed E-state index contributed by atoms with van der Waals surface area (Å²) in [7, 11) is 0. The number of aliphatic hydroxyl groups is 1. The first kappa shape index (κ1) is 29.1. The van der Waals surface area contributed by atoms with E-state index in [0.29, 0.717) is 17.2 Å². The minimum absolute atomic E-state index is 0.00833. The number of para-hydroxylation sites is 2. The average Bonchev–Trinajstić information content (AvgIpc) is 3.60. The molecule has 1 aromatic heterocycles. The fourth-order valence-corrected chi connectivity index (χ4v) is 6.09. The molecule has 1 amide bonds. The molecular formula is C35H38N4O4. The predicted octanol–water partition coefficient (Wildman–Crippen LogP) is 6.35. The van der Waals surface area contributed by atoms with E-state index in [4.69, 9.17) is 9.47 Å². The van der Waals surface area contributed by atoms with E-state index >= 15 is 0 Å². The maximum atomic E-state index is 12.9. The molecule has 1 aliphatic heterocycles. The molecule has 43 heavy (non-hydrogen) atoms. The Kier molecular flexibility index (Phi) is 9.19. The monoisotopic (exact) mass is 578 g/mol. The molecule has 1 saturated carbocycles. The number of rotatable bonds is 10. The van der Waals surface area contributed by atoms with E-state index in [-0.39, 0.29) is 30.4 Å². The summed E-state index contributed by atoms with van der Waals surface area (Å²) < 4.78 is 13.1. The summed E-state index contributed by atoms with van der Waals surface area (Å²) in [5, 5.41) is 12.4. The van der Waals surface area contributed by atoms with Crippen LogP contribution in [0.15, 0.2) is 91.6 Å². The second-order valence-corrected chi connectivity index (χ2v) is 11.4. The number of hydrogen-bond acceptors (Lipinski definition) is 7. The van der Waals surface area contributed by atoms with E-state index in [9.17, 15) is 9.90 Å². The highest BCUT2D eigenvalue weighted by atomic mass is 16.7. The standard InChI is InChI=1S/C35H38N4O4/c1-2-19-39(28-7-3-4-8-28)22-29-20-33(25-13-11-24(23-40)12-14-25)43-35(42-29)26-15-17-27(18-16-26)37-34(41)32-21-36-30-9-5-6-10-31(30)38-32/h2,5-6,9-18,21,28-29,33,35,40H,1,3-4,7-8,19-20,22-23H2,(H,37,41)/t29-,33+,35+/m1/s1. The minimum Gasteiger partial charge on any atom is -0.392 e. The normalized spacial score (nSPS) is 20.8. The number of nitrogens with one attached hydrogen (secondary N) is 1. The summed E-state index contributed by atoms with van der Waals surface area (Å²) in [4.78, 5) is 24.2. The summed E-state index contributed by atoms with van der Waals surface area (Å²) in [5.41, 5.74) is 5.12. The van der Waals surface area contributed by atoms with Crippen molar-refractivity contribution in [2.45, 2.75) is 63.3 Å². The number of anilines is 1. The lowest BCUT2D eigenvalue weighted by molar-refractivity contribution is -0.253. The van der Waals surface area contributed by atoms with Gasteiger partial charge in [-0.05, 0) is 48.2 Å². The molecule has 3 aromatic carbocycles. The van der Waals surface area contributed by atoms with Crippen LogP contribution in [-0.4, -0.2) is 51.1 Å². The van der Waals surface area contributed by atoms with Crippen molar-refractivity contribution >= 4 is 22.6 Å². The zero-order valence-corrected chi connectivity index (χ0v) is 24.3. The van der Waals surface area contributed by atoms with Crippen molar-refractivity contribution in [3.8, 4) is 0 Å². The van der Waals surface area contributed by atoms with Gasteiger partial charge in [-0.15, -0.1) is 6.58 Å². The van der Waals surface area contributed by atoms with Crippen LogP contribution in [0.25, 0.3) is 11.0 Å². The Morgan fingerprint density at radius 3 is 2.42 bits per heavy atom. The van der Waals surface area contributed by atoms with Gasteiger partial charge in [-0.2, -0.15) is 0 Å². The van der Waals surface area contributed by atoms with Crippen molar-refractivity contribution in [2.24, 2.45) is 0 Å². The molecule has 1 saturated heterocycles. The highest BCUT2D eigenvalue weighted by Gasteiger charge is 2.34. The number of aliphatic hydroxyl groups excluding tert-OH is 1. The van der Waals surface area contributed by atoms with Crippen LogP contribution >= 0.6 is 0 Å². The van der Waals surface area contributed by atoms with Crippen molar-refractivity contribution in [3.05, 3.63) is 114 Å². The lowest BCUT2D eigenvalue weighted by Gasteiger charge is -2.39. The van der Waals surface area contributed by atoms with Gasteiger partial charge in [-0.1, -0.05) is 67.4 Å². The van der Waals surface area contributed by atoms with Crippen molar-refractivity contribution < 1.29 is 19.4 Å². The van der Waals surface area contributed by atoms with Gasteiger partial charge in [0.15, 0.2) is 6.29 Å². The molecular weight excluding hydrogens is 540 g/mol. The topological polar surface area (TPSA) is 96.8 Å². The van der Waals surface area contributed by atoms with Gasteiger partial charge in [0.05, 0.1) is 36.0 Å². The third kappa shape index (κ3) is 7.00. The molecule has 1 aliphatic carbocycles. The summed E-state index contributed by atoms with van der Waals surface area (Å²) in [6.07, 6.45) is 8.42. The molecule has 0 spiro atoms. The van der Waals surface area contributed by atoms with Gasteiger partial charge in [0.2, 0.25) is 0 Å². The molecule has 3 atom stereocenters. The summed E-state index contributed by atoms with van der Waals surface area (Å²) in [6, 6.07) is 23.5. The van der Waals surface area contributed by atoms with Gasteiger partial charge in [0, 0.05) is 36.8 Å². The molecule has 8 nitrogen and oxygen atoms in total. The Morgan fingerprint density at radius 2 is 1.70 bits per heavy atom. The molecule has 2 aliphatic rings. The number of fused-ring (bicyclic) bond motifs is 1. The highest BCUT2D eigenvalue weighted by Crippen LogP contribution is 2.39.